The average Bonchev–Trinajstić information content (AvgIpc) is 3.42. The maximum atomic E-state index is 12.8. The molecule has 3 N–H and O–H groups in total. The van der Waals surface area contributed by atoms with E-state index in [0.29, 0.717) is 14.9 Å². The van der Waals surface area contributed by atoms with Gasteiger partial charge in [0.2, 0.25) is 0 Å². The number of benzene rings is 1. The van der Waals surface area contributed by atoms with Gasteiger partial charge in [-0.2, -0.15) is 13.2 Å². The minimum Gasteiger partial charge on any atom is -0.394 e. The SMILES string of the molecule is OCC1O[C@H](Sc2ccc(Cl)c(Cl)c2)[C@H](O)C(n2cc(-c3nc(C(F)(F)F)cs3)nn2)[C@H]1O. The number of thiazole rings is 1. The predicted octanol–water partition coefficient (Wildman–Crippen LogP) is 3.50. The van der Waals surface area contributed by atoms with Crippen LogP contribution in [0.15, 0.2) is 34.7 Å². The molecule has 0 spiro atoms. The first kappa shape index (κ1) is 24.7. The Hall–Kier alpha value is -1.45. The van der Waals surface area contributed by atoms with Crippen LogP contribution >= 0.6 is 46.3 Å². The maximum absolute atomic E-state index is 12.8. The van der Waals surface area contributed by atoms with Gasteiger partial charge < -0.3 is 20.1 Å². The van der Waals surface area contributed by atoms with Crippen LogP contribution < -0.4 is 0 Å². The molecule has 1 aliphatic rings. The van der Waals surface area contributed by atoms with Gasteiger partial charge in [-0.1, -0.05) is 40.2 Å². The van der Waals surface area contributed by atoms with E-state index in [1.54, 1.807) is 18.2 Å². The summed E-state index contributed by atoms with van der Waals surface area (Å²) in [4.78, 5) is 4.14. The molecule has 1 aliphatic heterocycles. The molecule has 33 heavy (non-hydrogen) atoms. The van der Waals surface area contributed by atoms with Crippen molar-refractivity contribution in [2.45, 2.75) is 40.9 Å². The van der Waals surface area contributed by atoms with E-state index < -0.39 is 48.3 Å². The summed E-state index contributed by atoms with van der Waals surface area (Å²) in [5, 5.41) is 40.5. The highest BCUT2D eigenvalue weighted by Gasteiger charge is 2.46. The zero-order valence-corrected chi connectivity index (χ0v) is 19.4. The summed E-state index contributed by atoms with van der Waals surface area (Å²) in [7, 11) is 0. The van der Waals surface area contributed by atoms with Crippen molar-refractivity contribution in [1.29, 1.82) is 0 Å². The van der Waals surface area contributed by atoms with Crippen molar-refractivity contribution in [3.8, 4) is 10.7 Å². The standard InChI is InChI=1S/C18H15Cl2F3N4O4S2/c19-8-2-1-7(3-9(8)20)33-17-15(30)13(14(29)11(5-28)31-17)27-4-10(25-26-27)16-24-12(6-32-16)18(21,22)23/h1-4,6,11,13-15,17,28-30H,5H2/t11?,13?,14-,15+,17+/m0/s1. The molecule has 5 atom stereocenters. The molecule has 0 amide bonds. The quantitative estimate of drug-likeness (QED) is 0.449. The van der Waals surface area contributed by atoms with Gasteiger partial charge in [0.25, 0.3) is 0 Å². The third-order valence-corrected chi connectivity index (χ3v) is 7.57. The molecular formula is C18H15Cl2F3N4O4S2. The van der Waals surface area contributed by atoms with Gasteiger partial charge in [-0.05, 0) is 18.2 Å². The van der Waals surface area contributed by atoms with E-state index in [2.05, 4.69) is 15.3 Å². The van der Waals surface area contributed by atoms with E-state index in [4.69, 9.17) is 27.9 Å². The highest BCUT2D eigenvalue weighted by atomic mass is 35.5. The molecule has 3 heterocycles. The highest BCUT2D eigenvalue weighted by molar-refractivity contribution is 7.99. The van der Waals surface area contributed by atoms with Crippen molar-refractivity contribution in [3.05, 3.63) is 45.5 Å². The fraction of sp³-hybridized carbons (Fsp3) is 0.389. The molecule has 178 valence electrons. The lowest BCUT2D eigenvalue weighted by atomic mass is 9.97. The molecule has 0 aliphatic carbocycles. The van der Waals surface area contributed by atoms with Gasteiger partial charge in [0.05, 0.1) is 22.8 Å². The summed E-state index contributed by atoms with van der Waals surface area (Å²) in [6.45, 7) is -0.550. The first-order valence-electron chi connectivity index (χ1n) is 9.27. The summed E-state index contributed by atoms with van der Waals surface area (Å²) in [6.07, 6.45) is -7.10. The minimum absolute atomic E-state index is 0.0231. The molecule has 1 aromatic carbocycles. The Kier molecular flexibility index (Phi) is 7.22. The number of alkyl halides is 3. The number of aliphatic hydroxyl groups excluding tert-OH is 3. The number of thioether (sulfide) groups is 1. The monoisotopic (exact) mass is 542 g/mol. The molecule has 4 rings (SSSR count). The summed E-state index contributed by atoms with van der Waals surface area (Å²) >= 11 is 13.8. The van der Waals surface area contributed by atoms with Crippen LogP contribution in [0.25, 0.3) is 10.7 Å². The van der Waals surface area contributed by atoms with Crippen LogP contribution in [-0.2, 0) is 10.9 Å². The largest absolute Gasteiger partial charge is 0.434 e. The molecule has 2 unspecified atom stereocenters. The highest BCUT2D eigenvalue weighted by Crippen LogP contribution is 2.40. The van der Waals surface area contributed by atoms with Crippen molar-refractivity contribution in [2.75, 3.05) is 6.61 Å². The van der Waals surface area contributed by atoms with Crippen molar-refractivity contribution in [2.24, 2.45) is 0 Å². The summed E-state index contributed by atoms with van der Waals surface area (Å²) < 4.78 is 45.3. The van der Waals surface area contributed by atoms with E-state index in [1.165, 1.54) is 6.20 Å². The molecule has 1 saturated heterocycles. The lowest BCUT2D eigenvalue weighted by Gasteiger charge is -2.41. The number of aromatic nitrogens is 4. The summed E-state index contributed by atoms with van der Waals surface area (Å²) in [6, 6.07) is 3.70. The van der Waals surface area contributed by atoms with Crippen LogP contribution in [-0.4, -0.2) is 65.7 Å². The van der Waals surface area contributed by atoms with Crippen LogP contribution in [0.2, 0.25) is 10.0 Å². The van der Waals surface area contributed by atoms with Gasteiger partial charge in [-0.15, -0.1) is 16.4 Å². The number of rotatable bonds is 5. The summed E-state index contributed by atoms with van der Waals surface area (Å²) in [5.74, 6) is 0. The molecular weight excluding hydrogens is 528 g/mol. The van der Waals surface area contributed by atoms with Gasteiger partial charge in [0.1, 0.15) is 40.5 Å². The second-order valence-electron chi connectivity index (χ2n) is 7.01. The number of hydrogen-bond acceptors (Lipinski definition) is 9. The van der Waals surface area contributed by atoms with Gasteiger partial charge >= 0.3 is 6.18 Å². The van der Waals surface area contributed by atoms with Crippen molar-refractivity contribution in [1.82, 2.24) is 20.0 Å². The molecule has 15 heteroatoms. The third kappa shape index (κ3) is 5.15. The summed E-state index contributed by atoms with van der Waals surface area (Å²) in [5.41, 5.74) is -1.96. The normalized spacial score (nSPS) is 26.0. The average molecular weight is 543 g/mol. The number of halogens is 5. The number of aliphatic hydroxyl groups is 3. The molecule has 0 radical (unpaired) electrons. The second-order valence-corrected chi connectivity index (χ2v) is 9.85. The molecule has 1 fully saturated rings. The minimum atomic E-state index is -4.60. The van der Waals surface area contributed by atoms with Gasteiger partial charge in [0.15, 0.2) is 5.69 Å². The van der Waals surface area contributed by atoms with E-state index in [-0.39, 0.29) is 10.7 Å². The Labute approximate surface area is 202 Å². The molecule has 0 bridgehead atoms. The Morgan fingerprint density at radius 2 is 1.94 bits per heavy atom. The van der Waals surface area contributed by atoms with Crippen molar-refractivity contribution in [3.63, 3.8) is 0 Å². The Bertz CT molecular complexity index is 1130. The zero-order valence-electron chi connectivity index (χ0n) is 16.2. The predicted molar refractivity (Wildman–Crippen MR) is 115 cm³/mol. The van der Waals surface area contributed by atoms with E-state index in [0.717, 1.165) is 33.2 Å². The van der Waals surface area contributed by atoms with Crippen LogP contribution in [0.5, 0.6) is 0 Å². The van der Waals surface area contributed by atoms with Gasteiger partial charge in [0, 0.05) is 10.3 Å². The lowest BCUT2D eigenvalue weighted by molar-refractivity contribution is -0.178. The number of ether oxygens (including phenoxy) is 1. The van der Waals surface area contributed by atoms with Gasteiger partial charge in [-0.25, -0.2) is 9.67 Å². The fourth-order valence-corrected chi connectivity index (χ4v) is 5.44. The Balaban J connectivity index is 1.60. The fourth-order valence-electron chi connectivity index (χ4n) is 3.20. The maximum Gasteiger partial charge on any atom is 0.434 e. The molecule has 0 saturated carbocycles. The molecule has 8 nitrogen and oxygen atoms in total. The van der Waals surface area contributed by atoms with E-state index in [1.807, 2.05) is 0 Å². The van der Waals surface area contributed by atoms with E-state index >= 15 is 0 Å². The van der Waals surface area contributed by atoms with Crippen molar-refractivity contribution >= 4 is 46.3 Å². The third-order valence-electron chi connectivity index (χ3n) is 4.82. The smallest absolute Gasteiger partial charge is 0.394 e. The lowest BCUT2D eigenvalue weighted by Crippen LogP contribution is -2.55. The Morgan fingerprint density at radius 3 is 2.58 bits per heavy atom. The zero-order chi connectivity index (χ0) is 23.9. The first-order chi connectivity index (χ1) is 15.6. The number of nitrogens with zero attached hydrogens (tertiary/aromatic N) is 4. The Morgan fingerprint density at radius 1 is 1.18 bits per heavy atom. The van der Waals surface area contributed by atoms with Crippen LogP contribution in [0.4, 0.5) is 13.2 Å². The van der Waals surface area contributed by atoms with Crippen LogP contribution in [0.1, 0.15) is 11.7 Å². The molecule has 3 aromatic rings. The van der Waals surface area contributed by atoms with E-state index in [9.17, 15) is 28.5 Å². The topological polar surface area (TPSA) is 114 Å². The second kappa shape index (κ2) is 9.66. The van der Waals surface area contributed by atoms with Crippen molar-refractivity contribution < 1.29 is 33.2 Å². The first-order valence-corrected chi connectivity index (χ1v) is 11.8. The van der Waals surface area contributed by atoms with Crippen LogP contribution in [0, 0.1) is 0 Å². The number of hydrogen-bond donors (Lipinski definition) is 3. The van der Waals surface area contributed by atoms with Crippen LogP contribution in [0.3, 0.4) is 0 Å². The molecule has 2 aromatic heterocycles. The van der Waals surface area contributed by atoms with Gasteiger partial charge in [-0.3, -0.25) is 0 Å².